The van der Waals surface area contributed by atoms with Crippen LogP contribution >= 0.6 is 0 Å². The number of nitrogens with zero attached hydrogens (tertiary/aromatic N) is 2. The molecule has 1 fully saturated rings. The van der Waals surface area contributed by atoms with E-state index in [-0.39, 0.29) is 17.3 Å². The van der Waals surface area contributed by atoms with Gasteiger partial charge in [-0.3, -0.25) is 9.10 Å². The van der Waals surface area contributed by atoms with Crippen molar-refractivity contribution >= 4 is 21.6 Å². The number of ether oxygens (including phenoxy) is 1. The van der Waals surface area contributed by atoms with Gasteiger partial charge in [-0.15, -0.1) is 0 Å². The molecule has 0 atom stereocenters. The number of carbonyl (C=O) groups excluding carboxylic acids is 1. The molecular formula is C20H24N2O4S. The van der Waals surface area contributed by atoms with Crippen LogP contribution in [0.5, 0.6) is 0 Å². The molecule has 0 aromatic heterocycles. The van der Waals surface area contributed by atoms with Crippen LogP contribution < -0.4 is 4.31 Å². The van der Waals surface area contributed by atoms with E-state index in [4.69, 9.17) is 4.74 Å². The van der Waals surface area contributed by atoms with E-state index in [2.05, 4.69) is 0 Å². The first-order chi connectivity index (χ1) is 12.9. The van der Waals surface area contributed by atoms with E-state index >= 15 is 0 Å². The van der Waals surface area contributed by atoms with Crippen LogP contribution in [0.3, 0.4) is 0 Å². The van der Waals surface area contributed by atoms with Crippen molar-refractivity contribution in [1.82, 2.24) is 4.90 Å². The van der Waals surface area contributed by atoms with Crippen molar-refractivity contribution in [3.05, 3.63) is 59.7 Å². The zero-order chi connectivity index (χ0) is 19.4. The first-order valence-electron chi connectivity index (χ1n) is 8.90. The molecule has 27 heavy (non-hydrogen) atoms. The largest absolute Gasteiger partial charge is 0.378 e. The second-order valence-electron chi connectivity index (χ2n) is 6.60. The van der Waals surface area contributed by atoms with Gasteiger partial charge >= 0.3 is 0 Å². The lowest BCUT2D eigenvalue weighted by molar-refractivity contribution is -0.133. The highest BCUT2D eigenvalue weighted by Gasteiger charge is 2.30. The molecule has 1 aliphatic heterocycles. The number of benzene rings is 2. The van der Waals surface area contributed by atoms with Gasteiger partial charge in [0.2, 0.25) is 5.91 Å². The number of carbonyl (C=O) groups is 1. The summed E-state index contributed by atoms with van der Waals surface area (Å²) < 4.78 is 33.2. The number of anilines is 1. The van der Waals surface area contributed by atoms with Gasteiger partial charge in [0.15, 0.2) is 0 Å². The monoisotopic (exact) mass is 388 g/mol. The molecule has 1 heterocycles. The third-order valence-electron chi connectivity index (χ3n) is 4.64. The van der Waals surface area contributed by atoms with Crippen molar-refractivity contribution in [2.45, 2.75) is 18.7 Å². The second-order valence-corrected chi connectivity index (χ2v) is 8.47. The average molecular weight is 388 g/mol. The van der Waals surface area contributed by atoms with Crippen molar-refractivity contribution in [3.63, 3.8) is 0 Å². The third-order valence-corrected chi connectivity index (χ3v) is 6.41. The average Bonchev–Trinajstić information content (AvgIpc) is 2.67. The molecule has 0 aliphatic carbocycles. The Labute approximate surface area is 160 Å². The Morgan fingerprint density at radius 2 is 1.67 bits per heavy atom. The second kappa shape index (κ2) is 8.10. The maximum absolute atomic E-state index is 13.3. The van der Waals surface area contributed by atoms with Crippen LogP contribution in [-0.2, 0) is 19.6 Å². The van der Waals surface area contributed by atoms with Gasteiger partial charge in [-0.25, -0.2) is 8.42 Å². The minimum absolute atomic E-state index is 0.172. The topological polar surface area (TPSA) is 66.9 Å². The Morgan fingerprint density at radius 1 is 1.04 bits per heavy atom. The fourth-order valence-electron chi connectivity index (χ4n) is 3.02. The van der Waals surface area contributed by atoms with E-state index in [1.54, 1.807) is 41.3 Å². The fourth-order valence-corrected chi connectivity index (χ4v) is 4.49. The molecular weight excluding hydrogens is 364 g/mol. The predicted octanol–water partition coefficient (Wildman–Crippen LogP) is 2.36. The standard InChI is InChI=1S/C20H24N2O4S/c1-16-7-9-18(10-8-16)27(24,25)22(19-6-4-3-5-17(19)2)15-20(23)21-11-13-26-14-12-21/h3-10H,11-15H2,1-2H3. The Hall–Kier alpha value is -2.38. The molecule has 2 aromatic rings. The Kier molecular flexibility index (Phi) is 5.82. The predicted molar refractivity (Wildman–Crippen MR) is 104 cm³/mol. The Bertz CT molecular complexity index is 904. The van der Waals surface area contributed by atoms with Crippen LogP contribution in [0.2, 0.25) is 0 Å². The lowest BCUT2D eigenvalue weighted by Gasteiger charge is -2.31. The number of rotatable bonds is 5. The molecule has 0 bridgehead atoms. The summed E-state index contributed by atoms with van der Waals surface area (Å²) in [5.41, 5.74) is 2.28. The maximum atomic E-state index is 13.3. The summed E-state index contributed by atoms with van der Waals surface area (Å²) in [4.78, 5) is 14.6. The summed E-state index contributed by atoms with van der Waals surface area (Å²) in [7, 11) is -3.87. The normalized spacial score (nSPS) is 14.8. The summed E-state index contributed by atoms with van der Waals surface area (Å²) >= 11 is 0. The number of hydrogen-bond acceptors (Lipinski definition) is 4. The van der Waals surface area contributed by atoms with Gasteiger partial charge in [0.1, 0.15) is 6.54 Å². The minimum Gasteiger partial charge on any atom is -0.378 e. The smallest absolute Gasteiger partial charge is 0.264 e. The van der Waals surface area contributed by atoms with Crippen molar-refractivity contribution in [3.8, 4) is 0 Å². The first kappa shape index (κ1) is 19.4. The summed E-state index contributed by atoms with van der Waals surface area (Å²) in [5.74, 6) is -0.225. The zero-order valence-electron chi connectivity index (χ0n) is 15.6. The van der Waals surface area contributed by atoms with Crippen LogP contribution in [0.15, 0.2) is 53.4 Å². The van der Waals surface area contributed by atoms with Gasteiger partial charge in [0.25, 0.3) is 10.0 Å². The molecule has 1 saturated heterocycles. The molecule has 6 nitrogen and oxygen atoms in total. The molecule has 1 aliphatic rings. The van der Waals surface area contributed by atoms with Crippen molar-refractivity contribution in [2.24, 2.45) is 0 Å². The number of amides is 1. The van der Waals surface area contributed by atoms with E-state index in [0.717, 1.165) is 11.1 Å². The molecule has 2 aromatic carbocycles. The first-order valence-corrected chi connectivity index (χ1v) is 10.3. The molecule has 3 rings (SSSR count). The summed E-state index contributed by atoms with van der Waals surface area (Å²) in [6.07, 6.45) is 0. The number of sulfonamides is 1. The molecule has 0 saturated carbocycles. The fraction of sp³-hybridized carbons (Fsp3) is 0.350. The van der Waals surface area contributed by atoms with Gasteiger partial charge in [0.05, 0.1) is 23.8 Å². The Morgan fingerprint density at radius 3 is 2.30 bits per heavy atom. The maximum Gasteiger partial charge on any atom is 0.264 e. The summed E-state index contributed by atoms with van der Waals surface area (Å²) in [6, 6.07) is 13.9. The molecule has 7 heteroatoms. The van der Waals surface area contributed by atoms with Crippen LogP contribution in [-0.4, -0.2) is 52.1 Å². The van der Waals surface area contributed by atoms with Crippen molar-refractivity contribution in [2.75, 3.05) is 37.2 Å². The molecule has 0 spiro atoms. The lowest BCUT2D eigenvalue weighted by Crippen LogP contribution is -2.47. The highest BCUT2D eigenvalue weighted by Crippen LogP contribution is 2.27. The van der Waals surface area contributed by atoms with Crippen LogP contribution in [0.4, 0.5) is 5.69 Å². The minimum atomic E-state index is -3.87. The van der Waals surface area contributed by atoms with Gasteiger partial charge in [0, 0.05) is 13.1 Å². The van der Waals surface area contributed by atoms with Crippen LogP contribution in [0, 0.1) is 13.8 Å². The van der Waals surface area contributed by atoms with Gasteiger partial charge in [-0.05, 0) is 37.6 Å². The highest BCUT2D eigenvalue weighted by atomic mass is 32.2. The molecule has 0 unspecified atom stereocenters. The number of aryl methyl sites for hydroxylation is 2. The summed E-state index contributed by atoms with van der Waals surface area (Å²) in [6.45, 7) is 5.41. The molecule has 1 amide bonds. The number of hydrogen-bond donors (Lipinski definition) is 0. The van der Waals surface area contributed by atoms with E-state index in [0.29, 0.717) is 32.0 Å². The van der Waals surface area contributed by atoms with Crippen LogP contribution in [0.25, 0.3) is 0 Å². The van der Waals surface area contributed by atoms with E-state index in [1.165, 1.54) is 4.31 Å². The zero-order valence-corrected chi connectivity index (χ0v) is 16.4. The number of morpholine rings is 1. The van der Waals surface area contributed by atoms with E-state index in [9.17, 15) is 13.2 Å². The third kappa shape index (κ3) is 4.31. The SMILES string of the molecule is Cc1ccc(S(=O)(=O)N(CC(=O)N2CCOCC2)c2ccccc2C)cc1. The molecule has 0 N–H and O–H groups in total. The van der Waals surface area contributed by atoms with Crippen LogP contribution in [0.1, 0.15) is 11.1 Å². The highest BCUT2D eigenvalue weighted by molar-refractivity contribution is 7.92. The van der Waals surface area contributed by atoms with Gasteiger partial charge < -0.3 is 9.64 Å². The van der Waals surface area contributed by atoms with Crippen molar-refractivity contribution < 1.29 is 17.9 Å². The van der Waals surface area contributed by atoms with Gasteiger partial charge in [-0.1, -0.05) is 35.9 Å². The molecule has 144 valence electrons. The van der Waals surface area contributed by atoms with E-state index in [1.807, 2.05) is 26.0 Å². The summed E-state index contributed by atoms with van der Waals surface area (Å²) in [5, 5.41) is 0. The molecule has 0 radical (unpaired) electrons. The number of para-hydroxylation sites is 1. The lowest BCUT2D eigenvalue weighted by atomic mass is 10.2. The van der Waals surface area contributed by atoms with Gasteiger partial charge in [-0.2, -0.15) is 0 Å². The van der Waals surface area contributed by atoms with Crippen molar-refractivity contribution in [1.29, 1.82) is 0 Å². The quantitative estimate of drug-likeness (QED) is 0.789. The Balaban J connectivity index is 1.98. The van der Waals surface area contributed by atoms with E-state index < -0.39 is 10.0 Å².